The minimum Gasteiger partial charge on any atom is -0.497 e. The third-order valence-corrected chi connectivity index (χ3v) is 6.31. The van der Waals surface area contributed by atoms with E-state index in [1.54, 1.807) is 30.9 Å². The lowest BCUT2D eigenvalue weighted by atomic mass is 9.94. The number of benzene rings is 2. The van der Waals surface area contributed by atoms with Gasteiger partial charge in [0.05, 0.1) is 31.9 Å². The number of carbonyl (C=O) groups is 1. The van der Waals surface area contributed by atoms with Gasteiger partial charge in [-0.1, -0.05) is 17.3 Å². The maximum absolute atomic E-state index is 12.9. The zero-order chi connectivity index (χ0) is 23.4. The standard InChI is InChI=1S/C24H26N4O4S/c1-15-20(23-26-22(27-32-23)17-7-11-19(33-4)12-8-17)21(16-5-9-18(31-3)10-6-16)25-24(29)28(15)13-14-30-2/h5-12,21H,13-14H2,1-4H3,(H,25,29). The molecule has 1 aromatic heterocycles. The van der Waals surface area contributed by atoms with E-state index < -0.39 is 6.04 Å². The normalized spacial score (nSPS) is 16.2. The maximum atomic E-state index is 12.9. The highest BCUT2D eigenvalue weighted by Gasteiger charge is 2.35. The van der Waals surface area contributed by atoms with Crippen LogP contribution >= 0.6 is 11.8 Å². The third-order valence-electron chi connectivity index (χ3n) is 5.57. The molecule has 8 nitrogen and oxygen atoms in total. The van der Waals surface area contributed by atoms with Gasteiger partial charge in [0.15, 0.2) is 0 Å². The molecule has 0 bridgehead atoms. The zero-order valence-electron chi connectivity index (χ0n) is 19.0. The second-order valence-corrected chi connectivity index (χ2v) is 8.33. The molecule has 0 saturated heterocycles. The van der Waals surface area contributed by atoms with Crippen LogP contribution in [-0.4, -0.2) is 54.7 Å². The van der Waals surface area contributed by atoms with E-state index in [0.717, 1.165) is 33.0 Å². The topological polar surface area (TPSA) is 89.7 Å². The average molecular weight is 467 g/mol. The van der Waals surface area contributed by atoms with Crippen molar-refractivity contribution in [3.05, 3.63) is 65.7 Å². The second kappa shape index (κ2) is 10.1. The minimum atomic E-state index is -0.450. The summed E-state index contributed by atoms with van der Waals surface area (Å²) in [4.78, 5) is 20.4. The minimum absolute atomic E-state index is 0.207. The molecule has 1 atom stereocenters. The highest BCUT2D eigenvalue weighted by Crippen LogP contribution is 2.37. The van der Waals surface area contributed by atoms with Crippen LogP contribution in [0.2, 0.25) is 0 Å². The van der Waals surface area contributed by atoms with Crippen LogP contribution in [0.5, 0.6) is 5.75 Å². The van der Waals surface area contributed by atoms with Gasteiger partial charge in [0, 0.05) is 23.3 Å². The molecule has 0 saturated carbocycles. The van der Waals surface area contributed by atoms with Crippen molar-refractivity contribution >= 4 is 23.4 Å². The van der Waals surface area contributed by atoms with E-state index in [0.29, 0.717) is 24.9 Å². The summed E-state index contributed by atoms with van der Waals surface area (Å²) < 4.78 is 16.2. The van der Waals surface area contributed by atoms with Crippen LogP contribution < -0.4 is 10.1 Å². The summed E-state index contributed by atoms with van der Waals surface area (Å²) in [6.07, 6.45) is 2.03. The predicted molar refractivity (Wildman–Crippen MR) is 127 cm³/mol. The van der Waals surface area contributed by atoms with Gasteiger partial charge < -0.3 is 19.3 Å². The number of urea groups is 1. The molecule has 0 aliphatic carbocycles. The smallest absolute Gasteiger partial charge is 0.322 e. The number of thioether (sulfide) groups is 1. The maximum Gasteiger partial charge on any atom is 0.322 e. The van der Waals surface area contributed by atoms with Crippen molar-refractivity contribution in [3.8, 4) is 17.1 Å². The van der Waals surface area contributed by atoms with E-state index >= 15 is 0 Å². The SMILES string of the molecule is COCCN1C(=O)NC(c2ccc(OC)cc2)C(c2nc(-c3ccc(SC)cc3)no2)=C1C. The van der Waals surface area contributed by atoms with E-state index in [-0.39, 0.29) is 6.03 Å². The van der Waals surface area contributed by atoms with Crippen LogP contribution in [0.15, 0.2) is 63.6 Å². The van der Waals surface area contributed by atoms with E-state index in [1.807, 2.05) is 61.7 Å². The number of allylic oxidation sites excluding steroid dienone is 1. The molecule has 0 radical (unpaired) electrons. The molecule has 4 rings (SSSR count). The largest absolute Gasteiger partial charge is 0.497 e. The summed E-state index contributed by atoms with van der Waals surface area (Å²) >= 11 is 1.67. The van der Waals surface area contributed by atoms with Crippen molar-refractivity contribution in [2.75, 3.05) is 33.6 Å². The zero-order valence-corrected chi connectivity index (χ0v) is 19.8. The van der Waals surface area contributed by atoms with Crippen LogP contribution in [0.25, 0.3) is 17.0 Å². The van der Waals surface area contributed by atoms with Gasteiger partial charge in [0.1, 0.15) is 5.75 Å². The van der Waals surface area contributed by atoms with E-state index in [2.05, 4.69) is 15.5 Å². The lowest BCUT2D eigenvalue weighted by molar-refractivity contribution is 0.158. The van der Waals surface area contributed by atoms with Gasteiger partial charge in [0.2, 0.25) is 5.82 Å². The molecule has 1 aliphatic rings. The Balaban J connectivity index is 1.76. The summed E-state index contributed by atoms with van der Waals surface area (Å²) in [5, 5.41) is 7.28. The molecule has 3 aromatic rings. The van der Waals surface area contributed by atoms with Gasteiger partial charge in [-0.2, -0.15) is 4.98 Å². The number of carbonyl (C=O) groups excluding carboxylic acids is 1. The number of ether oxygens (including phenoxy) is 2. The Hall–Kier alpha value is -3.30. The number of hydrogen-bond donors (Lipinski definition) is 1. The van der Waals surface area contributed by atoms with Gasteiger partial charge in [-0.25, -0.2) is 4.79 Å². The first kappa shape index (κ1) is 22.9. The fourth-order valence-electron chi connectivity index (χ4n) is 3.75. The quantitative estimate of drug-likeness (QED) is 0.485. The summed E-state index contributed by atoms with van der Waals surface area (Å²) in [5.41, 5.74) is 3.23. The van der Waals surface area contributed by atoms with Crippen molar-refractivity contribution < 1.29 is 18.8 Å². The van der Waals surface area contributed by atoms with Gasteiger partial charge in [-0.3, -0.25) is 4.90 Å². The Labute approximate surface area is 197 Å². The van der Waals surface area contributed by atoms with E-state index in [9.17, 15) is 4.79 Å². The Morgan fingerprint density at radius 2 is 1.85 bits per heavy atom. The third kappa shape index (κ3) is 4.74. The van der Waals surface area contributed by atoms with Crippen molar-refractivity contribution in [1.82, 2.24) is 20.4 Å². The van der Waals surface area contributed by atoms with Gasteiger partial charge in [-0.15, -0.1) is 11.8 Å². The molecule has 172 valence electrons. The number of aromatic nitrogens is 2. The molecule has 1 N–H and O–H groups in total. The molecule has 0 spiro atoms. The van der Waals surface area contributed by atoms with Crippen LogP contribution in [0.1, 0.15) is 24.4 Å². The fraction of sp³-hybridized carbons (Fsp3) is 0.292. The first-order valence-corrected chi connectivity index (χ1v) is 11.7. The molecule has 9 heteroatoms. The summed E-state index contributed by atoms with van der Waals surface area (Å²) in [6.45, 7) is 2.70. The molecule has 1 unspecified atom stereocenters. The van der Waals surface area contributed by atoms with Crippen molar-refractivity contribution in [3.63, 3.8) is 0 Å². The molecule has 2 heterocycles. The first-order valence-electron chi connectivity index (χ1n) is 10.5. The van der Waals surface area contributed by atoms with E-state index in [4.69, 9.17) is 14.0 Å². The fourth-order valence-corrected chi connectivity index (χ4v) is 4.16. The molecular weight excluding hydrogens is 440 g/mol. The number of nitrogens with zero attached hydrogens (tertiary/aromatic N) is 3. The number of rotatable bonds is 8. The van der Waals surface area contributed by atoms with Crippen LogP contribution in [0, 0.1) is 0 Å². The first-order chi connectivity index (χ1) is 16.0. The van der Waals surface area contributed by atoms with Crippen LogP contribution in [0.4, 0.5) is 4.79 Å². The predicted octanol–water partition coefficient (Wildman–Crippen LogP) is 4.61. The second-order valence-electron chi connectivity index (χ2n) is 7.45. The highest BCUT2D eigenvalue weighted by molar-refractivity contribution is 7.98. The molecule has 2 amide bonds. The number of hydrogen-bond acceptors (Lipinski definition) is 7. The molecule has 0 fully saturated rings. The van der Waals surface area contributed by atoms with Gasteiger partial charge in [0.25, 0.3) is 5.89 Å². The van der Waals surface area contributed by atoms with Gasteiger partial charge >= 0.3 is 6.03 Å². The van der Waals surface area contributed by atoms with Crippen LogP contribution in [-0.2, 0) is 4.74 Å². The lowest BCUT2D eigenvalue weighted by Gasteiger charge is -2.35. The Morgan fingerprint density at radius 1 is 1.12 bits per heavy atom. The van der Waals surface area contributed by atoms with Gasteiger partial charge in [-0.05, 0) is 55.1 Å². The monoisotopic (exact) mass is 466 g/mol. The highest BCUT2D eigenvalue weighted by atomic mass is 32.2. The molecule has 1 aliphatic heterocycles. The average Bonchev–Trinajstić information content (AvgIpc) is 3.33. The number of nitrogens with one attached hydrogen (secondary N) is 1. The summed E-state index contributed by atoms with van der Waals surface area (Å²) in [6, 6.07) is 14.9. The molecule has 2 aromatic carbocycles. The Kier molecular flexibility index (Phi) is 7.00. The molecular formula is C24H26N4O4S. The number of amides is 2. The lowest BCUT2D eigenvalue weighted by Crippen LogP contribution is -2.47. The van der Waals surface area contributed by atoms with Crippen molar-refractivity contribution in [2.24, 2.45) is 0 Å². The summed E-state index contributed by atoms with van der Waals surface area (Å²) in [7, 11) is 3.22. The molecule has 33 heavy (non-hydrogen) atoms. The Bertz CT molecular complexity index is 1140. The van der Waals surface area contributed by atoms with Crippen molar-refractivity contribution in [2.45, 2.75) is 17.9 Å². The van der Waals surface area contributed by atoms with Crippen LogP contribution in [0.3, 0.4) is 0 Å². The number of methoxy groups -OCH3 is 2. The Morgan fingerprint density at radius 3 is 2.48 bits per heavy atom. The summed E-state index contributed by atoms with van der Waals surface area (Å²) in [5.74, 6) is 1.59. The van der Waals surface area contributed by atoms with E-state index in [1.165, 1.54) is 0 Å². The van der Waals surface area contributed by atoms with Crippen molar-refractivity contribution in [1.29, 1.82) is 0 Å².